The first-order valence-corrected chi connectivity index (χ1v) is 6.56. The molecule has 0 bridgehead atoms. The topological polar surface area (TPSA) is 65.5 Å². The molecule has 6 nitrogen and oxygen atoms in total. The van der Waals surface area contributed by atoms with E-state index in [0.29, 0.717) is 17.7 Å². The van der Waals surface area contributed by atoms with Crippen LogP contribution in [0.5, 0.6) is 11.8 Å². The van der Waals surface area contributed by atoms with Crippen LogP contribution in [0.3, 0.4) is 0 Å². The summed E-state index contributed by atoms with van der Waals surface area (Å²) in [7, 11) is 3.16. The first-order valence-electron chi connectivity index (χ1n) is 6.56. The molecule has 0 spiro atoms. The molecular formula is C13H21N3O3. The molecule has 2 atom stereocenters. The van der Waals surface area contributed by atoms with Gasteiger partial charge in [-0.3, -0.25) is 0 Å². The molecule has 1 aliphatic heterocycles. The van der Waals surface area contributed by atoms with Gasteiger partial charge in [0.1, 0.15) is 5.69 Å². The van der Waals surface area contributed by atoms with Crippen LogP contribution in [0, 0.1) is 5.92 Å². The van der Waals surface area contributed by atoms with Gasteiger partial charge >= 0.3 is 0 Å². The minimum atomic E-state index is 0.0980. The molecule has 0 aromatic carbocycles. The van der Waals surface area contributed by atoms with Crippen molar-refractivity contribution < 1.29 is 14.2 Å². The number of hydrogen-bond acceptors (Lipinski definition) is 6. The molecule has 6 heteroatoms. The van der Waals surface area contributed by atoms with Gasteiger partial charge in [0.15, 0.2) is 0 Å². The Morgan fingerprint density at radius 1 is 1.47 bits per heavy atom. The predicted octanol–water partition coefficient (Wildman–Crippen LogP) is 1.18. The monoisotopic (exact) mass is 267 g/mol. The Balaban J connectivity index is 2.29. The Labute approximate surface area is 113 Å². The quantitative estimate of drug-likeness (QED) is 0.835. The van der Waals surface area contributed by atoms with Crippen molar-refractivity contribution in [1.82, 2.24) is 15.3 Å². The van der Waals surface area contributed by atoms with Crippen molar-refractivity contribution in [3.63, 3.8) is 0 Å². The zero-order valence-electron chi connectivity index (χ0n) is 11.7. The third kappa shape index (κ3) is 3.13. The molecule has 1 saturated heterocycles. The number of nitrogens with zero attached hydrogens (tertiary/aromatic N) is 2. The molecule has 19 heavy (non-hydrogen) atoms. The fourth-order valence-corrected chi connectivity index (χ4v) is 2.35. The summed E-state index contributed by atoms with van der Waals surface area (Å²) in [5.74, 6) is 1.37. The number of nitrogens with one attached hydrogen (secondary N) is 1. The van der Waals surface area contributed by atoms with E-state index in [1.54, 1.807) is 20.4 Å². The van der Waals surface area contributed by atoms with Crippen LogP contribution in [-0.2, 0) is 4.74 Å². The summed E-state index contributed by atoms with van der Waals surface area (Å²) >= 11 is 0. The number of methoxy groups -OCH3 is 2. The lowest BCUT2D eigenvalue weighted by Gasteiger charge is -2.23. The van der Waals surface area contributed by atoms with Gasteiger partial charge in [-0.15, -0.1) is 0 Å². The van der Waals surface area contributed by atoms with E-state index in [1.807, 2.05) is 0 Å². The second-order valence-electron chi connectivity index (χ2n) is 4.47. The summed E-state index contributed by atoms with van der Waals surface area (Å²) in [6.07, 6.45) is 2.65. The van der Waals surface area contributed by atoms with Gasteiger partial charge in [0.2, 0.25) is 11.8 Å². The molecule has 2 unspecified atom stereocenters. The zero-order valence-corrected chi connectivity index (χ0v) is 11.7. The summed E-state index contributed by atoms with van der Waals surface area (Å²) in [6.45, 7) is 4.48. The summed E-state index contributed by atoms with van der Waals surface area (Å²) in [6, 6.07) is 0.0980. The molecule has 1 aromatic heterocycles. The maximum atomic E-state index is 5.47. The normalized spacial score (nSPS) is 20.3. The molecule has 106 valence electrons. The lowest BCUT2D eigenvalue weighted by molar-refractivity contribution is 0.175. The average Bonchev–Trinajstić information content (AvgIpc) is 2.98. The average molecular weight is 267 g/mol. The lowest BCUT2D eigenvalue weighted by Crippen LogP contribution is -2.30. The summed E-state index contributed by atoms with van der Waals surface area (Å²) < 4.78 is 15.9. The highest BCUT2D eigenvalue weighted by Gasteiger charge is 2.30. The molecule has 1 aromatic rings. The number of hydrogen-bond donors (Lipinski definition) is 1. The van der Waals surface area contributed by atoms with Crippen LogP contribution in [0.1, 0.15) is 25.1 Å². The van der Waals surface area contributed by atoms with Crippen LogP contribution in [0.4, 0.5) is 0 Å². The Morgan fingerprint density at radius 3 is 2.89 bits per heavy atom. The van der Waals surface area contributed by atoms with Crippen molar-refractivity contribution in [2.75, 3.05) is 34.0 Å². The first-order chi connectivity index (χ1) is 9.30. The molecule has 2 rings (SSSR count). The fraction of sp³-hybridized carbons (Fsp3) is 0.692. The predicted molar refractivity (Wildman–Crippen MR) is 70.5 cm³/mol. The lowest BCUT2D eigenvalue weighted by atomic mass is 9.96. The van der Waals surface area contributed by atoms with Gasteiger partial charge < -0.3 is 19.5 Å². The van der Waals surface area contributed by atoms with Crippen LogP contribution in [-0.4, -0.2) is 43.9 Å². The van der Waals surface area contributed by atoms with Gasteiger partial charge in [0, 0.05) is 12.5 Å². The van der Waals surface area contributed by atoms with Gasteiger partial charge in [0.05, 0.1) is 33.1 Å². The van der Waals surface area contributed by atoms with E-state index in [0.717, 1.165) is 31.9 Å². The van der Waals surface area contributed by atoms with Gasteiger partial charge in [-0.25, -0.2) is 4.98 Å². The standard InChI is InChI=1S/C13H21N3O3/c1-4-14-11(9-5-6-19-8-9)12-13(18-3)16-10(17-2)7-15-12/h7,9,11,14H,4-6,8H2,1-3H3. The fourth-order valence-electron chi connectivity index (χ4n) is 2.35. The molecular weight excluding hydrogens is 246 g/mol. The second-order valence-corrected chi connectivity index (χ2v) is 4.47. The van der Waals surface area contributed by atoms with Crippen LogP contribution in [0.15, 0.2) is 6.20 Å². The van der Waals surface area contributed by atoms with E-state index in [9.17, 15) is 0 Å². The van der Waals surface area contributed by atoms with E-state index in [2.05, 4.69) is 22.2 Å². The molecule has 2 heterocycles. The number of aromatic nitrogens is 2. The van der Waals surface area contributed by atoms with Gasteiger partial charge in [0.25, 0.3) is 0 Å². The molecule has 0 radical (unpaired) electrons. The first kappa shape index (κ1) is 14.0. The molecule has 1 aliphatic rings. The second kappa shape index (κ2) is 6.68. The van der Waals surface area contributed by atoms with Crippen LogP contribution in [0.25, 0.3) is 0 Å². The molecule has 1 fully saturated rings. The van der Waals surface area contributed by atoms with Crippen molar-refractivity contribution in [2.24, 2.45) is 5.92 Å². The third-order valence-electron chi connectivity index (χ3n) is 3.30. The zero-order chi connectivity index (χ0) is 13.7. The van der Waals surface area contributed by atoms with E-state index in [4.69, 9.17) is 14.2 Å². The molecule has 0 saturated carbocycles. The Morgan fingerprint density at radius 2 is 2.32 bits per heavy atom. The van der Waals surface area contributed by atoms with Crippen molar-refractivity contribution in [1.29, 1.82) is 0 Å². The largest absolute Gasteiger partial charge is 0.480 e. The number of rotatable bonds is 6. The van der Waals surface area contributed by atoms with Gasteiger partial charge in [-0.1, -0.05) is 6.92 Å². The Hall–Kier alpha value is -1.40. The van der Waals surface area contributed by atoms with Crippen molar-refractivity contribution in [2.45, 2.75) is 19.4 Å². The maximum absolute atomic E-state index is 5.47. The van der Waals surface area contributed by atoms with E-state index >= 15 is 0 Å². The van der Waals surface area contributed by atoms with E-state index in [-0.39, 0.29) is 6.04 Å². The maximum Gasteiger partial charge on any atom is 0.240 e. The summed E-state index contributed by atoms with van der Waals surface area (Å²) in [4.78, 5) is 8.75. The Bertz CT molecular complexity index is 408. The van der Waals surface area contributed by atoms with E-state index in [1.165, 1.54) is 0 Å². The smallest absolute Gasteiger partial charge is 0.240 e. The SMILES string of the molecule is CCNC(c1ncc(OC)nc1OC)C1CCOC1. The molecule has 0 aliphatic carbocycles. The van der Waals surface area contributed by atoms with Crippen LogP contribution >= 0.6 is 0 Å². The molecule has 1 N–H and O–H groups in total. The van der Waals surface area contributed by atoms with Gasteiger partial charge in [-0.2, -0.15) is 4.98 Å². The Kier molecular flexibility index (Phi) is 4.93. The summed E-state index contributed by atoms with van der Waals surface area (Å²) in [5.41, 5.74) is 0.820. The summed E-state index contributed by atoms with van der Waals surface area (Å²) in [5, 5.41) is 3.45. The van der Waals surface area contributed by atoms with Crippen LogP contribution < -0.4 is 14.8 Å². The molecule has 0 amide bonds. The van der Waals surface area contributed by atoms with Crippen molar-refractivity contribution >= 4 is 0 Å². The van der Waals surface area contributed by atoms with E-state index < -0.39 is 0 Å². The van der Waals surface area contributed by atoms with Crippen LogP contribution in [0.2, 0.25) is 0 Å². The highest BCUT2D eigenvalue weighted by Crippen LogP contribution is 2.32. The third-order valence-corrected chi connectivity index (χ3v) is 3.30. The highest BCUT2D eigenvalue weighted by molar-refractivity contribution is 5.26. The number of ether oxygens (including phenoxy) is 3. The highest BCUT2D eigenvalue weighted by atomic mass is 16.5. The van der Waals surface area contributed by atoms with Gasteiger partial charge in [-0.05, 0) is 13.0 Å². The minimum absolute atomic E-state index is 0.0980. The van der Waals surface area contributed by atoms with Crippen molar-refractivity contribution in [3.05, 3.63) is 11.9 Å². The van der Waals surface area contributed by atoms with Crippen molar-refractivity contribution in [3.8, 4) is 11.8 Å². The minimum Gasteiger partial charge on any atom is -0.480 e.